The van der Waals surface area contributed by atoms with Crippen molar-refractivity contribution in [3.63, 3.8) is 0 Å². The van der Waals surface area contributed by atoms with E-state index in [1.165, 1.54) is 24.3 Å². The molecule has 0 spiro atoms. The quantitative estimate of drug-likeness (QED) is 0.312. The van der Waals surface area contributed by atoms with Crippen LogP contribution in [0.2, 0.25) is 0 Å². The molecule has 3 N–H and O–H groups in total. The summed E-state index contributed by atoms with van der Waals surface area (Å²) in [6, 6.07) is 5.51. The Morgan fingerprint density at radius 3 is 2.62 bits per heavy atom. The molecule has 0 saturated carbocycles. The van der Waals surface area contributed by atoms with Crippen LogP contribution in [0.5, 0.6) is 0 Å². The lowest BCUT2D eigenvalue weighted by Crippen LogP contribution is -2.14. The molecule has 0 aliphatic rings. The lowest BCUT2D eigenvalue weighted by atomic mass is 10.3. The van der Waals surface area contributed by atoms with Gasteiger partial charge in [0.2, 0.25) is 0 Å². The highest BCUT2D eigenvalue weighted by Gasteiger charge is 1.91. The van der Waals surface area contributed by atoms with Gasteiger partial charge in [-0.05, 0) is 24.3 Å². The van der Waals surface area contributed by atoms with Gasteiger partial charge in [0, 0.05) is 0 Å². The van der Waals surface area contributed by atoms with Gasteiger partial charge in [-0.15, -0.1) is 0 Å². The Bertz CT molecular complexity index is 321. The predicted molar refractivity (Wildman–Crippen MR) is 47.7 cm³/mol. The molecule has 0 unspecified atom stereocenters. The summed E-state index contributed by atoms with van der Waals surface area (Å²) in [5.74, 6) is -0.498. The zero-order valence-electron chi connectivity index (χ0n) is 6.70. The van der Waals surface area contributed by atoms with Crippen molar-refractivity contribution in [3.05, 3.63) is 30.1 Å². The minimum Gasteiger partial charge on any atom is -0.380 e. The van der Waals surface area contributed by atoms with Crippen LogP contribution >= 0.6 is 0 Å². The summed E-state index contributed by atoms with van der Waals surface area (Å²) in [4.78, 5) is 10.0. The number of aldehydes is 1. The van der Waals surface area contributed by atoms with E-state index in [-0.39, 0.29) is 11.7 Å². The fourth-order valence-electron chi connectivity index (χ4n) is 0.680. The molecule has 0 heterocycles. The van der Waals surface area contributed by atoms with Gasteiger partial charge in [0.15, 0.2) is 12.1 Å². The molecule has 0 bridgehead atoms. The maximum atomic E-state index is 12.4. The summed E-state index contributed by atoms with van der Waals surface area (Å²) in [7, 11) is 0. The molecule has 1 aromatic carbocycles. The van der Waals surface area contributed by atoms with Crippen LogP contribution in [-0.4, -0.2) is 12.1 Å². The Kier molecular flexibility index (Phi) is 2.97. The first-order valence-corrected chi connectivity index (χ1v) is 3.52. The van der Waals surface area contributed by atoms with Crippen LogP contribution in [0.15, 0.2) is 29.4 Å². The standard InChI is InChI=1S/C8H8FN3O/c9-6-1-3-7(4-2-6)11-12-8(10)5-13/h1-5,11H,(H2,10,12). The van der Waals surface area contributed by atoms with E-state index in [0.29, 0.717) is 12.0 Å². The molecule has 0 atom stereocenters. The molecule has 0 aliphatic carbocycles. The van der Waals surface area contributed by atoms with Gasteiger partial charge in [0.1, 0.15) is 5.82 Å². The molecule has 0 radical (unpaired) electrons. The third-order valence-electron chi connectivity index (χ3n) is 1.28. The number of halogens is 1. The van der Waals surface area contributed by atoms with Crippen molar-refractivity contribution in [3.8, 4) is 0 Å². The van der Waals surface area contributed by atoms with Crippen molar-refractivity contribution in [2.75, 3.05) is 5.43 Å². The highest BCUT2D eigenvalue weighted by molar-refractivity contribution is 6.26. The van der Waals surface area contributed by atoms with Gasteiger partial charge in [0.05, 0.1) is 5.69 Å². The fraction of sp³-hybridized carbons (Fsp3) is 0. The summed E-state index contributed by atoms with van der Waals surface area (Å²) < 4.78 is 12.4. The minimum absolute atomic E-state index is 0.163. The largest absolute Gasteiger partial charge is 0.380 e. The van der Waals surface area contributed by atoms with Crippen LogP contribution < -0.4 is 11.2 Å². The van der Waals surface area contributed by atoms with Crippen LogP contribution in [-0.2, 0) is 4.79 Å². The Balaban J connectivity index is 2.65. The molecule has 13 heavy (non-hydrogen) atoms. The van der Waals surface area contributed by atoms with E-state index in [1.807, 2.05) is 0 Å². The highest BCUT2D eigenvalue weighted by Crippen LogP contribution is 2.07. The number of hydrogen-bond acceptors (Lipinski definition) is 3. The van der Waals surface area contributed by atoms with Crippen LogP contribution in [0.3, 0.4) is 0 Å². The van der Waals surface area contributed by atoms with Gasteiger partial charge < -0.3 is 5.73 Å². The number of carbonyl (C=O) groups excluding carboxylic acids is 1. The highest BCUT2D eigenvalue weighted by atomic mass is 19.1. The number of nitrogens with two attached hydrogens (primary N) is 1. The Morgan fingerprint density at radius 1 is 1.46 bits per heavy atom. The maximum Gasteiger partial charge on any atom is 0.186 e. The number of rotatable bonds is 3. The third kappa shape index (κ3) is 2.90. The fourth-order valence-corrected chi connectivity index (χ4v) is 0.680. The summed E-state index contributed by atoms with van der Waals surface area (Å²) in [5.41, 5.74) is 8.14. The van der Waals surface area contributed by atoms with Crippen LogP contribution in [0.4, 0.5) is 10.1 Å². The second kappa shape index (κ2) is 4.20. The van der Waals surface area contributed by atoms with Crippen molar-refractivity contribution in [2.24, 2.45) is 10.8 Å². The Morgan fingerprint density at radius 2 is 2.08 bits per heavy atom. The van der Waals surface area contributed by atoms with E-state index in [0.717, 1.165) is 0 Å². The molecular weight excluding hydrogens is 173 g/mol. The average molecular weight is 181 g/mol. The van der Waals surface area contributed by atoms with Crippen molar-refractivity contribution < 1.29 is 9.18 Å². The molecule has 1 rings (SSSR count). The lowest BCUT2D eigenvalue weighted by molar-refractivity contribution is -0.102. The molecule has 0 aliphatic heterocycles. The van der Waals surface area contributed by atoms with E-state index in [4.69, 9.17) is 5.73 Å². The topological polar surface area (TPSA) is 67.5 Å². The second-order valence-corrected chi connectivity index (χ2v) is 2.27. The van der Waals surface area contributed by atoms with E-state index in [9.17, 15) is 9.18 Å². The van der Waals surface area contributed by atoms with Gasteiger partial charge in [-0.3, -0.25) is 10.2 Å². The van der Waals surface area contributed by atoms with Crippen LogP contribution in [0.25, 0.3) is 0 Å². The summed E-state index contributed by atoms with van der Waals surface area (Å²) in [5, 5.41) is 3.50. The number of nitrogens with zero attached hydrogens (tertiary/aromatic N) is 1. The second-order valence-electron chi connectivity index (χ2n) is 2.27. The van der Waals surface area contributed by atoms with Crippen molar-refractivity contribution >= 4 is 17.8 Å². The molecule has 1 aromatic rings. The third-order valence-corrected chi connectivity index (χ3v) is 1.28. The predicted octanol–water partition coefficient (Wildman–Crippen LogP) is 0.709. The van der Waals surface area contributed by atoms with E-state index >= 15 is 0 Å². The Hall–Kier alpha value is -1.91. The molecule has 4 nitrogen and oxygen atoms in total. The zero-order valence-corrected chi connectivity index (χ0v) is 6.70. The molecule has 5 heteroatoms. The van der Waals surface area contributed by atoms with E-state index in [2.05, 4.69) is 10.5 Å². The van der Waals surface area contributed by atoms with Gasteiger partial charge >= 0.3 is 0 Å². The molecule has 68 valence electrons. The number of anilines is 1. The van der Waals surface area contributed by atoms with E-state index in [1.54, 1.807) is 0 Å². The molecule has 0 amide bonds. The molecule has 0 fully saturated rings. The monoisotopic (exact) mass is 181 g/mol. The zero-order chi connectivity index (χ0) is 9.68. The normalized spacial score (nSPS) is 11.0. The number of benzene rings is 1. The van der Waals surface area contributed by atoms with Gasteiger partial charge in [-0.1, -0.05) is 0 Å². The Labute approximate surface area is 74.2 Å². The smallest absolute Gasteiger partial charge is 0.186 e. The average Bonchev–Trinajstić information content (AvgIpc) is 2.16. The first-order valence-electron chi connectivity index (χ1n) is 3.52. The van der Waals surface area contributed by atoms with Crippen LogP contribution in [0.1, 0.15) is 0 Å². The van der Waals surface area contributed by atoms with Crippen LogP contribution in [0, 0.1) is 5.82 Å². The maximum absolute atomic E-state index is 12.4. The summed E-state index contributed by atoms with van der Waals surface area (Å²) >= 11 is 0. The summed E-state index contributed by atoms with van der Waals surface area (Å²) in [6.07, 6.45) is 0.413. The number of amidine groups is 1. The number of carbonyl (C=O) groups is 1. The lowest BCUT2D eigenvalue weighted by Gasteiger charge is -1.98. The number of nitrogens with one attached hydrogen (secondary N) is 1. The molecule has 0 saturated heterocycles. The SMILES string of the molecule is N/C(C=O)=N\Nc1ccc(F)cc1. The van der Waals surface area contributed by atoms with Crippen molar-refractivity contribution in [2.45, 2.75) is 0 Å². The van der Waals surface area contributed by atoms with Gasteiger partial charge in [0.25, 0.3) is 0 Å². The summed E-state index contributed by atoms with van der Waals surface area (Å²) in [6.45, 7) is 0. The molecule has 0 aromatic heterocycles. The van der Waals surface area contributed by atoms with Crippen molar-refractivity contribution in [1.82, 2.24) is 0 Å². The van der Waals surface area contributed by atoms with Gasteiger partial charge in [-0.2, -0.15) is 5.10 Å². The van der Waals surface area contributed by atoms with Crippen molar-refractivity contribution in [1.29, 1.82) is 0 Å². The first kappa shape index (κ1) is 9.18. The van der Waals surface area contributed by atoms with Gasteiger partial charge in [-0.25, -0.2) is 4.39 Å². The number of hydrazone groups is 1. The first-order chi connectivity index (χ1) is 6.22. The molecular formula is C8H8FN3O. The minimum atomic E-state index is -0.335. The van der Waals surface area contributed by atoms with E-state index < -0.39 is 0 Å². The number of hydrogen-bond donors (Lipinski definition) is 2.